The Hall–Kier alpha value is -1.28. The first-order valence-electron chi connectivity index (χ1n) is 6.50. The van der Waals surface area contributed by atoms with Crippen LogP contribution in [0, 0.1) is 5.92 Å². The van der Waals surface area contributed by atoms with E-state index in [2.05, 4.69) is 5.10 Å². The van der Waals surface area contributed by atoms with Crippen LogP contribution in [0.4, 0.5) is 13.2 Å². The third-order valence-corrected chi connectivity index (χ3v) is 4.18. The molecule has 0 unspecified atom stereocenters. The van der Waals surface area contributed by atoms with Crippen LogP contribution in [0.25, 0.3) is 0 Å². The van der Waals surface area contributed by atoms with Gasteiger partial charge in [-0.2, -0.15) is 18.3 Å². The van der Waals surface area contributed by atoms with Crippen LogP contribution in [0.15, 0.2) is 0 Å². The predicted octanol–water partition coefficient (Wildman–Crippen LogP) is 1.79. The number of rotatable bonds is 3. The van der Waals surface area contributed by atoms with Gasteiger partial charge in [-0.1, -0.05) is 11.6 Å². The van der Waals surface area contributed by atoms with E-state index < -0.39 is 11.9 Å². The number of aryl methyl sites for hydroxylation is 1. The second-order valence-corrected chi connectivity index (χ2v) is 5.55. The van der Waals surface area contributed by atoms with Gasteiger partial charge in [-0.05, 0) is 25.9 Å². The zero-order valence-corrected chi connectivity index (χ0v) is 12.2. The standard InChI is InChI=1S/C12H16ClF3N4O/c1-19-10(13)8(9(18-19)12(14,15)16)6-20-4-2-7(3-5-20)11(17)21/h7H,2-6H2,1H3,(H2,17,21). The molecular weight excluding hydrogens is 309 g/mol. The fourth-order valence-corrected chi connectivity index (χ4v) is 2.70. The van der Waals surface area contributed by atoms with Gasteiger partial charge in [0.1, 0.15) is 5.15 Å². The zero-order valence-electron chi connectivity index (χ0n) is 11.5. The normalized spacial score (nSPS) is 18.1. The summed E-state index contributed by atoms with van der Waals surface area (Å²) in [5.41, 5.74) is 4.26. The van der Waals surface area contributed by atoms with Crippen LogP contribution in [0.3, 0.4) is 0 Å². The van der Waals surface area contributed by atoms with Crippen LogP contribution in [0.5, 0.6) is 0 Å². The molecule has 0 aromatic carbocycles. The molecule has 118 valence electrons. The van der Waals surface area contributed by atoms with E-state index in [4.69, 9.17) is 17.3 Å². The number of primary amides is 1. The lowest BCUT2D eigenvalue weighted by Crippen LogP contribution is -2.38. The van der Waals surface area contributed by atoms with Crippen LogP contribution in [0.2, 0.25) is 5.15 Å². The molecule has 1 aliphatic heterocycles. The van der Waals surface area contributed by atoms with Crippen molar-refractivity contribution in [2.24, 2.45) is 18.7 Å². The van der Waals surface area contributed by atoms with Gasteiger partial charge in [0.15, 0.2) is 5.69 Å². The highest BCUT2D eigenvalue weighted by Gasteiger charge is 2.39. The molecule has 1 amide bonds. The van der Waals surface area contributed by atoms with E-state index in [9.17, 15) is 18.0 Å². The van der Waals surface area contributed by atoms with E-state index in [0.717, 1.165) is 4.68 Å². The van der Waals surface area contributed by atoms with Gasteiger partial charge in [-0.15, -0.1) is 0 Å². The second-order valence-electron chi connectivity index (χ2n) is 5.19. The topological polar surface area (TPSA) is 64.2 Å². The molecule has 0 bridgehead atoms. The lowest BCUT2D eigenvalue weighted by Gasteiger charge is -2.30. The summed E-state index contributed by atoms with van der Waals surface area (Å²) in [5, 5.41) is 3.43. The third-order valence-electron chi connectivity index (χ3n) is 3.71. The first-order chi connectivity index (χ1) is 9.70. The fraction of sp³-hybridized carbons (Fsp3) is 0.667. The summed E-state index contributed by atoms with van der Waals surface area (Å²) in [5.74, 6) is -0.558. The zero-order chi connectivity index (χ0) is 15.8. The maximum atomic E-state index is 12.9. The average molecular weight is 325 g/mol. The lowest BCUT2D eigenvalue weighted by atomic mass is 9.96. The number of alkyl halides is 3. The monoisotopic (exact) mass is 324 g/mol. The Bertz CT molecular complexity index is 535. The molecule has 0 aliphatic carbocycles. The SMILES string of the molecule is Cn1nc(C(F)(F)F)c(CN2CCC(C(N)=O)CC2)c1Cl. The van der Waals surface area contributed by atoms with E-state index in [1.54, 1.807) is 0 Å². The van der Waals surface area contributed by atoms with Crippen molar-refractivity contribution in [2.45, 2.75) is 25.6 Å². The summed E-state index contributed by atoms with van der Waals surface area (Å²) in [7, 11) is 1.38. The molecule has 1 aliphatic rings. The number of aromatic nitrogens is 2. The molecule has 21 heavy (non-hydrogen) atoms. The van der Waals surface area contributed by atoms with Crippen molar-refractivity contribution in [1.82, 2.24) is 14.7 Å². The minimum atomic E-state index is -4.54. The number of amides is 1. The first kappa shape index (κ1) is 16.1. The number of piperidine rings is 1. The average Bonchev–Trinajstić information content (AvgIpc) is 2.67. The Kier molecular flexibility index (Phi) is 4.48. The maximum absolute atomic E-state index is 12.9. The molecule has 0 saturated carbocycles. The van der Waals surface area contributed by atoms with Gasteiger partial charge in [0.25, 0.3) is 0 Å². The van der Waals surface area contributed by atoms with Crippen molar-refractivity contribution in [3.05, 3.63) is 16.4 Å². The number of nitrogens with two attached hydrogens (primary N) is 1. The van der Waals surface area contributed by atoms with Gasteiger partial charge < -0.3 is 5.73 Å². The summed E-state index contributed by atoms with van der Waals surface area (Å²) in [6.45, 7) is 1.08. The second kappa shape index (κ2) is 5.84. The van der Waals surface area contributed by atoms with Crippen molar-refractivity contribution in [2.75, 3.05) is 13.1 Å². The van der Waals surface area contributed by atoms with E-state index in [0.29, 0.717) is 25.9 Å². The molecular formula is C12H16ClF3N4O. The molecule has 1 fully saturated rings. The molecule has 1 aromatic rings. The molecule has 0 radical (unpaired) electrons. The van der Waals surface area contributed by atoms with Gasteiger partial charge >= 0.3 is 6.18 Å². The van der Waals surface area contributed by atoms with Gasteiger partial charge in [-0.3, -0.25) is 14.4 Å². The van der Waals surface area contributed by atoms with E-state index in [1.165, 1.54) is 7.05 Å². The smallest absolute Gasteiger partial charge is 0.369 e. The number of hydrogen-bond donors (Lipinski definition) is 1. The fourth-order valence-electron chi connectivity index (χ4n) is 2.51. The van der Waals surface area contributed by atoms with Crippen molar-refractivity contribution in [3.8, 4) is 0 Å². The first-order valence-corrected chi connectivity index (χ1v) is 6.88. The van der Waals surface area contributed by atoms with Crippen molar-refractivity contribution < 1.29 is 18.0 Å². The summed E-state index contributed by atoms with van der Waals surface area (Å²) < 4.78 is 39.9. The molecule has 2 rings (SSSR count). The van der Waals surface area contributed by atoms with Gasteiger partial charge in [-0.25, -0.2) is 0 Å². The van der Waals surface area contributed by atoms with Crippen LogP contribution < -0.4 is 5.73 Å². The largest absolute Gasteiger partial charge is 0.435 e. The Morgan fingerprint density at radius 3 is 2.48 bits per heavy atom. The molecule has 9 heteroatoms. The van der Waals surface area contributed by atoms with Crippen LogP contribution in [-0.2, 0) is 24.6 Å². The lowest BCUT2D eigenvalue weighted by molar-refractivity contribution is -0.142. The highest BCUT2D eigenvalue weighted by atomic mass is 35.5. The minimum absolute atomic E-state index is 0.0145. The Morgan fingerprint density at radius 2 is 2.00 bits per heavy atom. The Morgan fingerprint density at radius 1 is 1.43 bits per heavy atom. The molecule has 5 nitrogen and oxygen atoms in total. The van der Waals surface area contributed by atoms with Crippen molar-refractivity contribution >= 4 is 17.5 Å². The summed E-state index contributed by atoms with van der Waals surface area (Å²) in [6, 6.07) is 0. The highest BCUT2D eigenvalue weighted by Crippen LogP contribution is 2.35. The summed E-state index contributed by atoms with van der Waals surface area (Å²) in [6.07, 6.45) is -3.44. The predicted molar refractivity (Wildman–Crippen MR) is 70.4 cm³/mol. The van der Waals surface area contributed by atoms with Gasteiger partial charge in [0.2, 0.25) is 5.91 Å². The summed E-state index contributed by atoms with van der Waals surface area (Å²) in [4.78, 5) is 12.9. The van der Waals surface area contributed by atoms with Gasteiger partial charge in [0, 0.05) is 25.1 Å². The van der Waals surface area contributed by atoms with Crippen LogP contribution >= 0.6 is 11.6 Å². The van der Waals surface area contributed by atoms with Crippen LogP contribution in [-0.4, -0.2) is 33.7 Å². The molecule has 2 N–H and O–H groups in total. The number of carbonyl (C=O) groups excluding carboxylic acids is 1. The Balaban J connectivity index is 2.12. The number of carbonyl (C=O) groups is 1. The quantitative estimate of drug-likeness (QED) is 0.922. The van der Waals surface area contributed by atoms with Crippen LogP contribution in [0.1, 0.15) is 24.1 Å². The van der Waals surface area contributed by atoms with Crippen molar-refractivity contribution in [3.63, 3.8) is 0 Å². The maximum Gasteiger partial charge on any atom is 0.435 e. The number of halogens is 4. The number of nitrogens with zero attached hydrogens (tertiary/aromatic N) is 3. The molecule has 0 atom stereocenters. The van der Waals surface area contributed by atoms with Gasteiger partial charge in [0.05, 0.1) is 0 Å². The van der Waals surface area contributed by atoms with E-state index in [1.807, 2.05) is 4.90 Å². The minimum Gasteiger partial charge on any atom is -0.369 e. The highest BCUT2D eigenvalue weighted by molar-refractivity contribution is 6.30. The Labute approximate surface area is 124 Å². The molecule has 0 spiro atoms. The molecule has 1 aromatic heterocycles. The van der Waals surface area contributed by atoms with E-state index in [-0.39, 0.29) is 29.1 Å². The van der Waals surface area contributed by atoms with E-state index >= 15 is 0 Å². The third kappa shape index (κ3) is 3.49. The number of hydrogen-bond acceptors (Lipinski definition) is 3. The number of likely N-dealkylation sites (tertiary alicyclic amines) is 1. The summed E-state index contributed by atoms with van der Waals surface area (Å²) >= 11 is 5.92. The van der Waals surface area contributed by atoms with Crippen molar-refractivity contribution in [1.29, 1.82) is 0 Å². The molecule has 1 saturated heterocycles. The molecule has 2 heterocycles.